The first-order chi connectivity index (χ1) is 10.7. The molecule has 0 aliphatic heterocycles. The van der Waals surface area contributed by atoms with Crippen LogP contribution < -0.4 is 5.32 Å². The van der Waals surface area contributed by atoms with E-state index >= 15 is 0 Å². The van der Waals surface area contributed by atoms with Crippen molar-refractivity contribution in [1.82, 2.24) is 5.32 Å². The molecule has 4 saturated carbocycles. The van der Waals surface area contributed by atoms with Crippen molar-refractivity contribution in [3.8, 4) is 0 Å². The van der Waals surface area contributed by atoms with Gasteiger partial charge in [-0.1, -0.05) is 18.2 Å². The van der Waals surface area contributed by atoms with E-state index in [1.165, 1.54) is 38.5 Å². The van der Waals surface area contributed by atoms with Gasteiger partial charge in [0.1, 0.15) is 5.58 Å². The molecule has 1 aromatic heterocycles. The van der Waals surface area contributed by atoms with Crippen LogP contribution in [0.15, 0.2) is 34.7 Å². The van der Waals surface area contributed by atoms with Crippen LogP contribution in [0.4, 0.5) is 0 Å². The summed E-state index contributed by atoms with van der Waals surface area (Å²) < 4.78 is 5.73. The van der Waals surface area contributed by atoms with E-state index in [1.54, 1.807) is 0 Å². The lowest BCUT2D eigenvalue weighted by atomic mass is 9.53. The third kappa shape index (κ3) is 1.91. The maximum atomic E-state index is 12.7. The highest BCUT2D eigenvalue weighted by molar-refractivity contribution is 5.96. The van der Waals surface area contributed by atoms with Crippen LogP contribution in [-0.4, -0.2) is 11.4 Å². The standard InChI is InChI=1S/C19H21NO2/c21-18(17-8-15-3-1-2-4-16(15)22-17)20-19-9-12-5-13(10-19)7-14(6-12)11-19/h1-4,8,12-14H,5-7,9-11H2,(H,20,21). The summed E-state index contributed by atoms with van der Waals surface area (Å²) in [6.07, 6.45) is 7.68. The summed E-state index contributed by atoms with van der Waals surface area (Å²) in [5, 5.41) is 4.37. The molecule has 0 saturated heterocycles. The second-order valence-corrected chi connectivity index (χ2v) is 7.80. The number of amides is 1. The Hall–Kier alpha value is -1.77. The molecule has 4 aliphatic carbocycles. The molecule has 0 radical (unpaired) electrons. The molecule has 4 aliphatic rings. The summed E-state index contributed by atoms with van der Waals surface area (Å²) >= 11 is 0. The van der Waals surface area contributed by atoms with Gasteiger partial charge >= 0.3 is 0 Å². The van der Waals surface area contributed by atoms with Crippen LogP contribution in [0.1, 0.15) is 49.1 Å². The van der Waals surface area contributed by atoms with Gasteiger partial charge in [-0.05, 0) is 68.4 Å². The maximum absolute atomic E-state index is 12.7. The summed E-state index contributed by atoms with van der Waals surface area (Å²) in [7, 11) is 0. The van der Waals surface area contributed by atoms with E-state index in [2.05, 4.69) is 5.32 Å². The van der Waals surface area contributed by atoms with Crippen LogP contribution in [-0.2, 0) is 0 Å². The normalized spacial score (nSPS) is 35.9. The Labute approximate surface area is 130 Å². The predicted molar refractivity (Wildman–Crippen MR) is 84.6 cm³/mol. The quantitative estimate of drug-likeness (QED) is 0.905. The lowest BCUT2D eigenvalue weighted by Gasteiger charge is -2.56. The van der Waals surface area contributed by atoms with E-state index < -0.39 is 0 Å². The van der Waals surface area contributed by atoms with Crippen molar-refractivity contribution in [2.75, 3.05) is 0 Å². The number of carbonyl (C=O) groups excluding carboxylic acids is 1. The molecule has 3 nitrogen and oxygen atoms in total. The number of rotatable bonds is 2. The smallest absolute Gasteiger partial charge is 0.287 e. The van der Waals surface area contributed by atoms with Crippen LogP contribution in [0.5, 0.6) is 0 Å². The lowest BCUT2D eigenvalue weighted by Crippen LogP contribution is -2.59. The summed E-state index contributed by atoms with van der Waals surface area (Å²) in [4.78, 5) is 12.7. The van der Waals surface area contributed by atoms with E-state index in [9.17, 15) is 4.79 Å². The van der Waals surface area contributed by atoms with E-state index in [0.717, 1.165) is 28.7 Å². The van der Waals surface area contributed by atoms with Gasteiger partial charge in [-0.3, -0.25) is 4.79 Å². The van der Waals surface area contributed by atoms with Gasteiger partial charge in [0.15, 0.2) is 5.76 Å². The van der Waals surface area contributed by atoms with Gasteiger partial charge in [-0.2, -0.15) is 0 Å². The topological polar surface area (TPSA) is 42.2 Å². The van der Waals surface area contributed by atoms with Crippen LogP contribution in [0.3, 0.4) is 0 Å². The SMILES string of the molecule is O=C(NC12CC3CC(CC(C3)C1)C2)c1cc2ccccc2o1. The number of nitrogens with one attached hydrogen (secondary N) is 1. The van der Waals surface area contributed by atoms with Crippen molar-refractivity contribution in [3.05, 3.63) is 36.1 Å². The number of fused-ring (bicyclic) bond motifs is 1. The summed E-state index contributed by atoms with van der Waals surface area (Å²) in [6, 6.07) is 9.67. The summed E-state index contributed by atoms with van der Waals surface area (Å²) in [5.74, 6) is 2.93. The van der Waals surface area contributed by atoms with Crippen molar-refractivity contribution in [2.45, 2.75) is 44.1 Å². The molecule has 22 heavy (non-hydrogen) atoms. The summed E-state index contributed by atoms with van der Waals surface area (Å²) in [6.45, 7) is 0. The first-order valence-corrected chi connectivity index (χ1v) is 8.50. The molecule has 0 unspecified atom stereocenters. The molecular weight excluding hydrogens is 274 g/mol. The average molecular weight is 295 g/mol. The number of para-hydroxylation sites is 1. The van der Waals surface area contributed by atoms with Crippen LogP contribution in [0.25, 0.3) is 11.0 Å². The average Bonchev–Trinajstić information content (AvgIpc) is 2.89. The first kappa shape index (κ1) is 12.7. The highest BCUT2D eigenvalue weighted by atomic mass is 16.3. The van der Waals surface area contributed by atoms with Gasteiger partial charge in [0, 0.05) is 10.9 Å². The van der Waals surface area contributed by atoms with E-state index in [0.29, 0.717) is 5.76 Å². The van der Waals surface area contributed by atoms with Crippen LogP contribution in [0.2, 0.25) is 0 Å². The Bertz CT molecular complexity index is 676. The van der Waals surface area contributed by atoms with E-state index in [1.807, 2.05) is 30.3 Å². The Balaban J connectivity index is 1.42. The molecular formula is C19H21NO2. The van der Waals surface area contributed by atoms with Crippen molar-refractivity contribution < 1.29 is 9.21 Å². The van der Waals surface area contributed by atoms with Gasteiger partial charge in [0.05, 0.1) is 0 Å². The molecule has 3 heteroatoms. The zero-order valence-corrected chi connectivity index (χ0v) is 12.7. The number of benzene rings is 1. The monoisotopic (exact) mass is 295 g/mol. The number of hydrogen-bond donors (Lipinski definition) is 1. The number of furan rings is 1. The molecule has 4 fully saturated rings. The number of hydrogen-bond acceptors (Lipinski definition) is 2. The zero-order valence-electron chi connectivity index (χ0n) is 12.7. The first-order valence-electron chi connectivity index (χ1n) is 8.50. The van der Waals surface area contributed by atoms with Gasteiger partial charge in [-0.15, -0.1) is 0 Å². The Morgan fingerprint density at radius 3 is 2.32 bits per heavy atom. The Kier molecular flexibility index (Phi) is 2.53. The minimum atomic E-state index is -0.0295. The molecule has 114 valence electrons. The van der Waals surface area contributed by atoms with Crippen molar-refractivity contribution in [3.63, 3.8) is 0 Å². The van der Waals surface area contributed by atoms with Gasteiger partial charge in [0.25, 0.3) is 5.91 Å². The molecule has 6 rings (SSSR count). The minimum Gasteiger partial charge on any atom is -0.451 e. The largest absolute Gasteiger partial charge is 0.451 e. The fraction of sp³-hybridized carbons (Fsp3) is 0.526. The van der Waals surface area contributed by atoms with Gasteiger partial charge in [0.2, 0.25) is 0 Å². The van der Waals surface area contributed by atoms with E-state index in [4.69, 9.17) is 4.42 Å². The fourth-order valence-electron chi connectivity index (χ4n) is 5.66. The highest BCUT2D eigenvalue weighted by Crippen LogP contribution is 2.55. The molecule has 1 amide bonds. The third-order valence-electron chi connectivity index (χ3n) is 6.07. The fourth-order valence-corrected chi connectivity index (χ4v) is 5.66. The van der Waals surface area contributed by atoms with Gasteiger partial charge < -0.3 is 9.73 Å². The highest BCUT2D eigenvalue weighted by Gasteiger charge is 2.51. The second kappa shape index (κ2) is 4.37. The van der Waals surface area contributed by atoms with Crippen molar-refractivity contribution in [2.24, 2.45) is 17.8 Å². The molecule has 2 aromatic rings. The molecule has 1 N–H and O–H groups in total. The van der Waals surface area contributed by atoms with Gasteiger partial charge in [-0.25, -0.2) is 0 Å². The van der Waals surface area contributed by atoms with Crippen LogP contribution in [0, 0.1) is 17.8 Å². The molecule has 0 spiro atoms. The predicted octanol–water partition coefficient (Wildman–Crippen LogP) is 4.13. The summed E-state index contributed by atoms with van der Waals surface area (Å²) in [5.41, 5.74) is 0.836. The van der Waals surface area contributed by atoms with Crippen molar-refractivity contribution >= 4 is 16.9 Å². The Morgan fingerprint density at radius 1 is 1.05 bits per heavy atom. The van der Waals surface area contributed by atoms with Crippen LogP contribution >= 0.6 is 0 Å². The zero-order chi connectivity index (χ0) is 14.7. The molecule has 4 bridgehead atoms. The second-order valence-electron chi connectivity index (χ2n) is 7.80. The van der Waals surface area contributed by atoms with E-state index in [-0.39, 0.29) is 11.4 Å². The molecule has 1 heterocycles. The lowest BCUT2D eigenvalue weighted by molar-refractivity contribution is -0.0171. The van der Waals surface area contributed by atoms with Crippen molar-refractivity contribution in [1.29, 1.82) is 0 Å². The number of carbonyl (C=O) groups is 1. The maximum Gasteiger partial charge on any atom is 0.287 e. The molecule has 0 atom stereocenters. The third-order valence-corrected chi connectivity index (χ3v) is 6.07. The Morgan fingerprint density at radius 2 is 1.68 bits per heavy atom. The molecule has 1 aromatic carbocycles. The minimum absolute atomic E-state index is 0.0295.